The van der Waals surface area contributed by atoms with Crippen molar-refractivity contribution in [1.29, 1.82) is 0 Å². The van der Waals surface area contributed by atoms with E-state index < -0.39 is 5.69 Å². The summed E-state index contributed by atoms with van der Waals surface area (Å²) in [6, 6.07) is 5.90. The lowest BCUT2D eigenvalue weighted by Gasteiger charge is -2.29. The summed E-state index contributed by atoms with van der Waals surface area (Å²) in [5, 5.41) is 0. The second-order valence-corrected chi connectivity index (χ2v) is 7.27. The summed E-state index contributed by atoms with van der Waals surface area (Å²) in [4.78, 5) is 44.9. The first-order valence-corrected chi connectivity index (χ1v) is 9.08. The van der Waals surface area contributed by atoms with Crippen molar-refractivity contribution in [2.24, 2.45) is 11.8 Å². The third kappa shape index (κ3) is 3.22. The molecule has 0 radical (unpaired) electrons. The number of aromatic amines is 2. The number of methoxy groups -OCH3 is 1. The van der Waals surface area contributed by atoms with Crippen molar-refractivity contribution in [2.45, 2.75) is 6.04 Å². The molecule has 0 spiro atoms. The van der Waals surface area contributed by atoms with Crippen molar-refractivity contribution in [3.8, 4) is 0 Å². The van der Waals surface area contributed by atoms with Gasteiger partial charge in [0.25, 0.3) is 5.91 Å². The number of aromatic nitrogens is 2. The highest BCUT2D eigenvalue weighted by Gasteiger charge is 2.50. The Bertz CT molecular complexity index is 955. The molecule has 3 heterocycles. The molecule has 2 fully saturated rings. The lowest BCUT2D eigenvalue weighted by Crippen LogP contribution is -2.39. The number of hydrogen-bond donors (Lipinski definition) is 2. The van der Waals surface area contributed by atoms with Gasteiger partial charge in [-0.25, -0.2) is 9.18 Å². The summed E-state index contributed by atoms with van der Waals surface area (Å²) in [5.74, 6) is -0.726. The Morgan fingerprint density at radius 3 is 2.79 bits per heavy atom. The predicted molar refractivity (Wildman–Crippen MR) is 97.0 cm³/mol. The fourth-order valence-electron chi connectivity index (χ4n) is 4.41. The Labute approximate surface area is 160 Å². The van der Waals surface area contributed by atoms with Gasteiger partial charge in [0.05, 0.1) is 6.04 Å². The Balaban J connectivity index is 1.61. The zero-order chi connectivity index (χ0) is 19.8. The fraction of sp³-hybridized carbons (Fsp3) is 0.421. The number of rotatable bonds is 4. The van der Waals surface area contributed by atoms with Gasteiger partial charge in [-0.1, -0.05) is 12.1 Å². The zero-order valence-corrected chi connectivity index (χ0v) is 15.4. The molecular weight excluding hydrogens is 367 g/mol. The van der Waals surface area contributed by atoms with Gasteiger partial charge in [0.15, 0.2) is 0 Å². The highest BCUT2D eigenvalue weighted by atomic mass is 19.1. The van der Waals surface area contributed by atoms with Crippen LogP contribution in [0.5, 0.6) is 0 Å². The number of likely N-dealkylation sites (tertiary alicyclic amines) is 2. The quantitative estimate of drug-likeness (QED) is 0.808. The molecule has 9 heteroatoms. The highest BCUT2D eigenvalue weighted by molar-refractivity contribution is 5.92. The molecule has 2 aliphatic rings. The first-order chi connectivity index (χ1) is 13.5. The molecule has 3 atom stereocenters. The van der Waals surface area contributed by atoms with Crippen LogP contribution < -0.4 is 5.69 Å². The van der Waals surface area contributed by atoms with Crippen LogP contribution in [-0.2, 0) is 9.53 Å². The monoisotopic (exact) mass is 388 g/mol. The van der Waals surface area contributed by atoms with E-state index in [-0.39, 0.29) is 47.8 Å². The van der Waals surface area contributed by atoms with E-state index in [1.807, 2.05) is 0 Å². The number of fused-ring (bicyclic) bond motifs is 1. The molecule has 1 aromatic heterocycles. The Hall–Kier alpha value is -2.94. The number of nitrogens with zero attached hydrogens (tertiary/aromatic N) is 2. The molecular formula is C19H21FN4O4. The summed E-state index contributed by atoms with van der Waals surface area (Å²) in [6.45, 7) is 1.33. The summed E-state index contributed by atoms with van der Waals surface area (Å²) >= 11 is 0. The molecule has 2 saturated heterocycles. The van der Waals surface area contributed by atoms with Crippen molar-refractivity contribution in [2.75, 3.05) is 33.4 Å². The molecule has 0 unspecified atom stereocenters. The Morgan fingerprint density at radius 2 is 2.11 bits per heavy atom. The Morgan fingerprint density at radius 1 is 1.29 bits per heavy atom. The third-order valence-electron chi connectivity index (χ3n) is 5.56. The number of carbonyl (C=O) groups excluding carboxylic acids is 2. The molecule has 2 aliphatic heterocycles. The summed E-state index contributed by atoms with van der Waals surface area (Å²) < 4.78 is 18.8. The van der Waals surface area contributed by atoms with Gasteiger partial charge in [-0.2, -0.15) is 0 Å². The second kappa shape index (κ2) is 7.23. The van der Waals surface area contributed by atoms with Crippen LogP contribution in [0.15, 0.2) is 35.3 Å². The van der Waals surface area contributed by atoms with E-state index >= 15 is 0 Å². The fourth-order valence-corrected chi connectivity index (χ4v) is 4.41. The average molecular weight is 388 g/mol. The van der Waals surface area contributed by atoms with Crippen molar-refractivity contribution < 1.29 is 18.7 Å². The van der Waals surface area contributed by atoms with Crippen LogP contribution >= 0.6 is 0 Å². The second-order valence-electron chi connectivity index (χ2n) is 7.27. The normalized spacial score (nSPS) is 23.9. The maximum absolute atomic E-state index is 13.8. The number of nitrogens with one attached hydrogen (secondary N) is 2. The predicted octanol–water partition coefficient (Wildman–Crippen LogP) is 0.760. The number of ether oxygens (including phenoxy) is 1. The molecule has 148 valence electrons. The van der Waals surface area contributed by atoms with Gasteiger partial charge in [0.1, 0.15) is 18.1 Å². The maximum Gasteiger partial charge on any atom is 0.323 e. The van der Waals surface area contributed by atoms with Gasteiger partial charge < -0.3 is 24.5 Å². The van der Waals surface area contributed by atoms with E-state index in [2.05, 4.69) is 9.97 Å². The lowest BCUT2D eigenvalue weighted by molar-refractivity contribution is -0.136. The minimum Gasteiger partial charge on any atom is -0.375 e. The number of H-pyrrole nitrogens is 2. The number of hydrogen-bond acceptors (Lipinski definition) is 4. The van der Waals surface area contributed by atoms with E-state index in [4.69, 9.17) is 4.74 Å². The molecule has 4 rings (SSSR count). The van der Waals surface area contributed by atoms with E-state index in [0.717, 1.165) is 0 Å². The van der Waals surface area contributed by atoms with Crippen LogP contribution in [0, 0.1) is 17.7 Å². The maximum atomic E-state index is 13.8. The first kappa shape index (κ1) is 18.4. The van der Waals surface area contributed by atoms with Crippen LogP contribution in [0.25, 0.3) is 0 Å². The van der Waals surface area contributed by atoms with Gasteiger partial charge in [-0.05, 0) is 17.7 Å². The summed E-state index contributed by atoms with van der Waals surface area (Å²) in [7, 11) is 1.46. The molecule has 8 nitrogen and oxygen atoms in total. The van der Waals surface area contributed by atoms with Gasteiger partial charge in [0, 0.05) is 44.8 Å². The minimum atomic E-state index is -0.434. The topological polar surface area (TPSA) is 98.5 Å². The molecule has 2 aromatic rings. The largest absolute Gasteiger partial charge is 0.375 e. The number of benzene rings is 1. The van der Waals surface area contributed by atoms with Crippen molar-refractivity contribution in [1.82, 2.24) is 19.8 Å². The van der Waals surface area contributed by atoms with Gasteiger partial charge in [0.2, 0.25) is 5.91 Å². The molecule has 2 amide bonds. The van der Waals surface area contributed by atoms with E-state index in [1.165, 1.54) is 25.4 Å². The molecule has 0 bridgehead atoms. The molecule has 0 saturated carbocycles. The molecule has 28 heavy (non-hydrogen) atoms. The first-order valence-electron chi connectivity index (χ1n) is 9.08. The number of carbonyl (C=O) groups is 2. The van der Waals surface area contributed by atoms with Crippen molar-refractivity contribution in [3.63, 3.8) is 0 Å². The van der Waals surface area contributed by atoms with Gasteiger partial charge >= 0.3 is 5.69 Å². The molecule has 0 aliphatic carbocycles. The van der Waals surface area contributed by atoms with Crippen molar-refractivity contribution in [3.05, 3.63) is 58.0 Å². The smallest absolute Gasteiger partial charge is 0.323 e. The van der Waals surface area contributed by atoms with Crippen LogP contribution in [0.4, 0.5) is 4.39 Å². The minimum absolute atomic E-state index is 0.0165. The van der Waals surface area contributed by atoms with Crippen LogP contribution in [-0.4, -0.2) is 64.9 Å². The van der Waals surface area contributed by atoms with Gasteiger partial charge in [-0.15, -0.1) is 0 Å². The summed E-state index contributed by atoms with van der Waals surface area (Å²) in [6.07, 6.45) is 1.36. The highest BCUT2D eigenvalue weighted by Crippen LogP contribution is 2.45. The van der Waals surface area contributed by atoms with Crippen LogP contribution in [0.1, 0.15) is 22.1 Å². The van der Waals surface area contributed by atoms with E-state index in [1.54, 1.807) is 21.9 Å². The van der Waals surface area contributed by atoms with E-state index in [0.29, 0.717) is 25.2 Å². The number of amides is 2. The molecule has 1 aromatic carbocycles. The van der Waals surface area contributed by atoms with Crippen molar-refractivity contribution >= 4 is 11.8 Å². The van der Waals surface area contributed by atoms with Crippen LogP contribution in [0.3, 0.4) is 0 Å². The SMILES string of the molecule is COCC(=O)N1C[C@H]2CN(C(=O)c3c[nH]c(=O)[nH]3)C[C@H]2[C@@H]1c1cccc(F)c1. The third-order valence-corrected chi connectivity index (χ3v) is 5.56. The van der Waals surface area contributed by atoms with Crippen LogP contribution in [0.2, 0.25) is 0 Å². The van der Waals surface area contributed by atoms with E-state index in [9.17, 15) is 18.8 Å². The number of halogens is 1. The Kier molecular flexibility index (Phi) is 4.76. The standard InChI is InChI=1S/C19H21FN4O4/c1-28-10-16(25)24-8-12-7-23(18(26)15-6-21-19(27)22-15)9-14(12)17(24)11-3-2-4-13(20)5-11/h2-6,12,14,17H,7-10H2,1H3,(H2,21,22,27)/t12-,14-,17+/m1/s1. The zero-order valence-electron chi connectivity index (χ0n) is 15.4. The summed E-state index contributed by atoms with van der Waals surface area (Å²) in [5.41, 5.74) is 0.484. The molecule has 2 N–H and O–H groups in total. The number of imidazole rings is 1. The lowest BCUT2D eigenvalue weighted by atomic mass is 9.89. The average Bonchev–Trinajstić information content (AvgIpc) is 3.35. The van der Waals surface area contributed by atoms with Gasteiger partial charge in [-0.3, -0.25) is 9.59 Å².